The van der Waals surface area contributed by atoms with Crippen LogP contribution in [0.5, 0.6) is 0 Å². The van der Waals surface area contributed by atoms with Gasteiger partial charge in [0, 0.05) is 18.0 Å². The molecule has 5 nitrogen and oxygen atoms in total. The number of anilines is 1. The van der Waals surface area contributed by atoms with Crippen molar-refractivity contribution < 1.29 is 25.6 Å². The van der Waals surface area contributed by atoms with E-state index in [-0.39, 0.29) is 10.6 Å². The van der Waals surface area contributed by atoms with Crippen molar-refractivity contribution in [2.75, 3.05) is 11.0 Å². The standard InChI is InChI=1S/C13H11F2NO4S2/c1-21(17,18)12-4-2-11(3-5-12)16-22(19,20)13-7-9(14)6-10(15)8-13/h2-8,16H,1H3. The van der Waals surface area contributed by atoms with E-state index < -0.39 is 36.4 Å². The van der Waals surface area contributed by atoms with Gasteiger partial charge in [-0.3, -0.25) is 4.72 Å². The highest BCUT2D eigenvalue weighted by molar-refractivity contribution is 7.92. The van der Waals surface area contributed by atoms with Gasteiger partial charge in [0.1, 0.15) is 11.6 Å². The highest BCUT2D eigenvalue weighted by atomic mass is 32.2. The average Bonchev–Trinajstić information content (AvgIpc) is 2.36. The normalized spacial score (nSPS) is 12.1. The maximum Gasteiger partial charge on any atom is 0.262 e. The Bertz CT molecular complexity index is 887. The van der Waals surface area contributed by atoms with E-state index in [0.29, 0.717) is 18.2 Å². The molecule has 1 N–H and O–H groups in total. The van der Waals surface area contributed by atoms with Crippen molar-refractivity contribution in [2.24, 2.45) is 0 Å². The number of benzene rings is 2. The summed E-state index contributed by atoms with van der Waals surface area (Å²) in [5.74, 6) is -2.04. The summed E-state index contributed by atoms with van der Waals surface area (Å²) in [6, 6.07) is 6.83. The Labute approximate surface area is 126 Å². The van der Waals surface area contributed by atoms with Gasteiger partial charge in [-0.2, -0.15) is 0 Å². The van der Waals surface area contributed by atoms with E-state index >= 15 is 0 Å². The number of sulfonamides is 1. The molecule has 0 atom stereocenters. The third-order valence-corrected chi connectivity index (χ3v) is 5.17. The van der Waals surface area contributed by atoms with E-state index in [1.807, 2.05) is 0 Å². The van der Waals surface area contributed by atoms with Gasteiger partial charge in [-0.1, -0.05) is 0 Å². The second-order valence-corrected chi connectivity index (χ2v) is 8.21. The summed E-state index contributed by atoms with van der Waals surface area (Å²) in [4.78, 5) is -0.551. The molecular weight excluding hydrogens is 336 g/mol. The number of halogens is 2. The van der Waals surface area contributed by atoms with E-state index in [1.165, 1.54) is 24.3 Å². The quantitative estimate of drug-likeness (QED) is 0.919. The van der Waals surface area contributed by atoms with Gasteiger partial charge in [-0.15, -0.1) is 0 Å². The third kappa shape index (κ3) is 3.80. The SMILES string of the molecule is CS(=O)(=O)c1ccc(NS(=O)(=O)c2cc(F)cc(F)c2)cc1. The molecule has 0 saturated heterocycles. The maximum atomic E-state index is 13.1. The topological polar surface area (TPSA) is 80.3 Å². The Kier molecular flexibility index (Phi) is 4.21. The summed E-state index contributed by atoms with van der Waals surface area (Å²) >= 11 is 0. The van der Waals surface area contributed by atoms with Gasteiger partial charge >= 0.3 is 0 Å². The van der Waals surface area contributed by atoms with Crippen molar-refractivity contribution in [1.82, 2.24) is 0 Å². The maximum absolute atomic E-state index is 13.1. The average molecular weight is 347 g/mol. The van der Waals surface area contributed by atoms with Crippen LogP contribution in [0.4, 0.5) is 14.5 Å². The smallest absolute Gasteiger partial charge is 0.262 e. The van der Waals surface area contributed by atoms with Crippen molar-refractivity contribution >= 4 is 25.5 Å². The first-order valence-electron chi connectivity index (χ1n) is 5.87. The van der Waals surface area contributed by atoms with Crippen LogP contribution in [0.2, 0.25) is 0 Å². The van der Waals surface area contributed by atoms with Gasteiger partial charge in [0.05, 0.1) is 9.79 Å². The molecule has 0 aliphatic heterocycles. The van der Waals surface area contributed by atoms with E-state index in [9.17, 15) is 25.6 Å². The molecule has 0 unspecified atom stereocenters. The number of rotatable bonds is 4. The summed E-state index contributed by atoms with van der Waals surface area (Å²) in [6.45, 7) is 0. The summed E-state index contributed by atoms with van der Waals surface area (Å²) in [5, 5.41) is 0. The molecule has 0 saturated carbocycles. The van der Waals surface area contributed by atoms with E-state index in [4.69, 9.17) is 0 Å². The minimum absolute atomic E-state index is 0.0206. The molecule has 2 aromatic carbocycles. The molecular formula is C13H11F2NO4S2. The first-order valence-corrected chi connectivity index (χ1v) is 9.24. The fraction of sp³-hybridized carbons (Fsp3) is 0.0769. The Balaban J connectivity index is 2.33. The van der Waals surface area contributed by atoms with Crippen molar-refractivity contribution in [2.45, 2.75) is 9.79 Å². The van der Waals surface area contributed by atoms with Crippen LogP contribution >= 0.6 is 0 Å². The van der Waals surface area contributed by atoms with Gasteiger partial charge in [0.15, 0.2) is 9.84 Å². The van der Waals surface area contributed by atoms with Gasteiger partial charge in [-0.25, -0.2) is 25.6 Å². The largest absolute Gasteiger partial charge is 0.280 e. The molecule has 0 heterocycles. The second kappa shape index (κ2) is 5.65. The zero-order chi connectivity index (χ0) is 16.5. The molecule has 118 valence electrons. The predicted octanol–water partition coefficient (Wildman–Crippen LogP) is 2.17. The van der Waals surface area contributed by atoms with Crippen LogP contribution in [0.25, 0.3) is 0 Å². The number of hydrogen-bond donors (Lipinski definition) is 1. The zero-order valence-electron chi connectivity index (χ0n) is 11.2. The third-order valence-electron chi connectivity index (χ3n) is 2.68. The number of sulfone groups is 1. The lowest BCUT2D eigenvalue weighted by atomic mass is 10.3. The number of nitrogens with one attached hydrogen (secondary N) is 1. The van der Waals surface area contributed by atoms with E-state index in [1.54, 1.807) is 0 Å². The summed E-state index contributed by atoms with van der Waals surface area (Å²) in [6.07, 6.45) is 1.02. The fourth-order valence-electron chi connectivity index (χ4n) is 1.67. The Morgan fingerprint density at radius 3 is 1.77 bits per heavy atom. The lowest BCUT2D eigenvalue weighted by molar-refractivity contribution is 0.568. The highest BCUT2D eigenvalue weighted by Gasteiger charge is 2.17. The summed E-state index contributed by atoms with van der Waals surface area (Å²) in [5.41, 5.74) is 0.0667. The fourth-order valence-corrected chi connectivity index (χ4v) is 3.40. The van der Waals surface area contributed by atoms with Crippen LogP contribution < -0.4 is 4.72 Å². The Morgan fingerprint density at radius 1 is 0.818 bits per heavy atom. The zero-order valence-corrected chi connectivity index (χ0v) is 12.9. The van der Waals surface area contributed by atoms with Gasteiger partial charge in [-0.05, 0) is 36.4 Å². The monoisotopic (exact) mass is 347 g/mol. The lowest BCUT2D eigenvalue weighted by Crippen LogP contribution is -2.13. The molecule has 0 aliphatic rings. The van der Waals surface area contributed by atoms with E-state index in [2.05, 4.69) is 4.72 Å². The Morgan fingerprint density at radius 2 is 1.32 bits per heavy atom. The molecule has 9 heteroatoms. The van der Waals surface area contributed by atoms with Gasteiger partial charge in [0.2, 0.25) is 0 Å². The first kappa shape index (κ1) is 16.4. The van der Waals surface area contributed by atoms with Gasteiger partial charge in [0.25, 0.3) is 10.0 Å². The molecule has 0 aromatic heterocycles. The lowest BCUT2D eigenvalue weighted by Gasteiger charge is -2.09. The minimum Gasteiger partial charge on any atom is -0.280 e. The second-order valence-electron chi connectivity index (χ2n) is 4.51. The molecule has 0 radical (unpaired) electrons. The molecule has 0 spiro atoms. The molecule has 0 bridgehead atoms. The predicted molar refractivity (Wildman–Crippen MR) is 76.7 cm³/mol. The van der Waals surface area contributed by atoms with Crippen molar-refractivity contribution in [3.63, 3.8) is 0 Å². The number of hydrogen-bond acceptors (Lipinski definition) is 4. The van der Waals surface area contributed by atoms with Crippen LogP contribution in [0, 0.1) is 11.6 Å². The molecule has 22 heavy (non-hydrogen) atoms. The minimum atomic E-state index is -4.19. The molecule has 0 fully saturated rings. The van der Waals surface area contributed by atoms with Crippen LogP contribution in [0.1, 0.15) is 0 Å². The van der Waals surface area contributed by atoms with Crippen molar-refractivity contribution in [1.29, 1.82) is 0 Å². The summed E-state index contributed by atoms with van der Waals surface area (Å²) < 4.78 is 74.9. The van der Waals surface area contributed by atoms with E-state index in [0.717, 1.165) is 6.26 Å². The molecule has 0 amide bonds. The van der Waals surface area contributed by atoms with Crippen molar-refractivity contribution in [3.05, 3.63) is 54.1 Å². The Hall–Kier alpha value is -2.00. The summed E-state index contributed by atoms with van der Waals surface area (Å²) in [7, 11) is -7.59. The molecule has 0 aliphatic carbocycles. The van der Waals surface area contributed by atoms with Crippen LogP contribution in [0.3, 0.4) is 0 Å². The van der Waals surface area contributed by atoms with Gasteiger partial charge < -0.3 is 0 Å². The molecule has 2 rings (SSSR count). The van der Waals surface area contributed by atoms with Crippen LogP contribution in [0.15, 0.2) is 52.3 Å². The van der Waals surface area contributed by atoms with Crippen LogP contribution in [-0.2, 0) is 19.9 Å². The van der Waals surface area contributed by atoms with Crippen molar-refractivity contribution in [3.8, 4) is 0 Å². The van der Waals surface area contributed by atoms with Crippen LogP contribution in [-0.4, -0.2) is 23.1 Å². The first-order chi connectivity index (χ1) is 10.1. The highest BCUT2D eigenvalue weighted by Crippen LogP contribution is 2.19. The molecule has 2 aromatic rings.